The molecule has 4 rings (SSSR count). The van der Waals surface area contributed by atoms with E-state index in [2.05, 4.69) is 100 Å². The highest BCUT2D eigenvalue weighted by molar-refractivity contribution is 7.99. The molecule has 1 fully saturated rings. The smallest absolute Gasteiger partial charge is 0.0191 e. The van der Waals surface area contributed by atoms with Crippen LogP contribution in [0, 0.1) is 0 Å². The molecule has 1 heteroatoms. The van der Waals surface area contributed by atoms with Gasteiger partial charge in [-0.15, -0.1) is 11.8 Å². The third-order valence-corrected chi connectivity index (χ3v) is 6.61. The van der Waals surface area contributed by atoms with Gasteiger partial charge in [0.05, 0.1) is 0 Å². The Balaban J connectivity index is 0.000000909. The molecule has 0 amide bonds. The van der Waals surface area contributed by atoms with Gasteiger partial charge < -0.3 is 0 Å². The van der Waals surface area contributed by atoms with Crippen molar-refractivity contribution in [2.24, 2.45) is 0 Å². The number of rotatable bonds is 5. The largest absolute Gasteiger partial charge is 0.121 e. The molecule has 0 unspecified atom stereocenters. The minimum atomic E-state index is 0.507. The van der Waals surface area contributed by atoms with Gasteiger partial charge in [0, 0.05) is 16.6 Å². The molecule has 1 atom stereocenters. The summed E-state index contributed by atoms with van der Waals surface area (Å²) in [5.74, 6) is 2.50. The predicted octanol–water partition coefficient (Wildman–Crippen LogP) is 11.7. The molecule has 35 heavy (non-hydrogen) atoms. The lowest BCUT2D eigenvalue weighted by molar-refractivity contribution is 0.780. The van der Waals surface area contributed by atoms with Gasteiger partial charge in [0.15, 0.2) is 0 Å². The van der Waals surface area contributed by atoms with E-state index in [1.807, 2.05) is 27.7 Å². The van der Waals surface area contributed by atoms with E-state index in [1.165, 1.54) is 54.5 Å². The molecule has 2 aromatic rings. The zero-order valence-electron chi connectivity index (χ0n) is 23.8. The topological polar surface area (TPSA) is 0 Å². The fourth-order valence-electron chi connectivity index (χ4n) is 3.71. The molecular formula is C34H52S. The van der Waals surface area contributed by atoms with E-state index in [9.17, 15) is 0 Å². The molecule has 2 aliphatic rings. The lowest BCUT2D eigenvalue weighted by atomic mass is 9.85. The van der Waals surface area contributed by atoms with Crippen molar-refractivity contribution >= 4 is 11.8 Å². The van der Waals surface area contributed by atoms with E-state index in [4.69, 9.17) is 0 Å². The van der Waals surface area contributed by atoms with Gasteiger partial charge in [-0.05, 0) is 54.4 Å². The van der Waals surface area contributed by atoms with Crippen LogP contribution in [0.4, 0.5) is 0 Å². The highest BCUT2D eigenvalue weighted by atomic mass is 32.2. The van der Waals surface area contributed by atoms with E-state index in [1.54, 1.807) is 23.3 Å². The standard InChI is InChI=1S/C23H26S.C4H6.C3H8.2C2H6/c1-2-3-7-17-14-22(19-8-5-4-6-9-19)21-13-12-20(18-10-11-18)15-23(21)24-16-17;1-3-4-2;1-3-2;2*1-2/h4-9,12-13,15,18,22H,2-3,10-11,14,16H2,1H3;3-4H,1-2H2;3H2,1-2H3;2*1-2H3/b17-7-;;;;/t22-;;;;/m1..../s1. The Labute approximate surface area is 223 Å². The van der Waals surface area contributed by atoms with E-state index < -0.39 is 0 Å². The van der Waals surface area contributed by atoms with E-state index in [0.29, 0.717) is 5.92 Å². The Morgan fingerprint density at radius 1 is 0.857 bits per heavy atom. The van der Waals surface area contributed by atoms with Crippen molar-refractivity contribution in [2.75, 3.05) is 5.75 Å². The van der Waals surface area contributed by atoms with Crippen LogP contribution in [0.15, 0.2) is 90.4 Å². The summed E-state index contributed by atoms with van der Waals surface area (Å²) in [6.45, 7) is 21.2. The van der Waals surface area contributed by atoms with Gasteiger partial charge in [-0.2, -0.15) is 0 Å². The van der Waals surface area contributed by atoms with Crippen LogP contribution in [0.2, 0.25) is 0 Å². The molecule has 0 aromatic heterocycles. The molecule has 1 heterocycles. The molecule has 0 radical (unpaired) electrons. The zero-order valence-corrected chi connectivity index (χ0v) is 24.6. The van der Waals surface area contributed by atoms with Gasteiger partial charge in [-0.25, -0.2) is 0 Å². The molecule has 0 nitrogen and oxygen atoms in total. The minimum Gasteiger partial charge on any atom is -0.121 e. The van der Waals surface area contributed by atoms with Gasteiger partial charge in [-0.3, -0.25) is 0 Å². The fraction of sp³-hybridized carbons (Fsp3) is 0.471. The van der Waals surface area contributed by atoms with Crippen molar-refractivity contribution in [2.45, 2.75) is 104 Å². The zero-order chi connectivity index (χ0) is 26.5. The van der Waals surface area contributed by atoms with Gasteiger partial charge in [0.1, 0.15) is 0 Å². The van der Waals surface area contributed by atoms with Crippen LogP contribution in [0.1, 0.15) is 116 Å². The number of thioether (sulfide) groups is 1. The first kappa shape index (κ1) is 33.0. The van der Waals surface area contributed by atoms with Crippen LogP contribution in [0.5, 0.6) is 0 Å². The molecule has 0 N–H and O–H groups in total. The second-order valence-corrected chi connectivity index (χ2v) is 9.37. The highest BCUT2D eigenvalue weighted by Crippen LogP contribution is 2.46. The second kappa shape index (κ2) is 21.3. The summed E-state index contributed by atoms with van der Waals surface area (Å²) in [6, 6.07) is 18.4. The molecule has 1 aliphatic carbocycles. The molecular weight excluding hydrogens is 440 g/mol. The van der Waals surface area contributed by atoms with Gasteiger partial charge >= 0.3 is 0 Å². The van der Waals surface area contributed by atoms with Crippen LogP contribution < -0.4 is 0 Å². The summed E-state index contributed by atoms with van der Waals surface area (Å²) in [6.07, 6.45) is 13.4. The van der Waals surface area contributed by atoms with Crippen LogP contribution in [0.25, 0.3) is 0 Å². The Morgan fingerprint density at radius 2 is 1.46 bits per heavy atom. The van der Waals surface area contributed by atoms with Crippen molar-refractivity contribution in [3.63, 3.8) is 0 Å². The van der Waals surface area contributed by atoms with Crippen molar-refractivity contribution in [3.8, 4) is 0 Å². The van der Waals surface area contributed by atoms with Gasteiger partial charge in [0.2, 0.25) is 0 Å². The first-order chi connectivity index (χ1) is 17.2. The highest BCUT2D eigenvalue weighted by Gasteiger charge is 2.27. The van der Waals surface area contributed by atoms with E-state index >= 15 is 0 Å². The van der Waals surface area contributed by atoms with Gasteiger partial charge in [0.25, 0.3) is 0 Å². The summed E-state index contributed by atoms with van der Waals surface area (Å²) < 4.78 is 0. The number of benzene rings is 2. The van der Waals surface area contributed by atoms with Crippen molar-refractivity contribution < 1.29 is 0 Å². The quantitative estimate of drug-likeness (QED) is 0.295. The summed E-state index contributed by atoms with van der Waals surface area (Å²) in [5, 5.41) is 0. The van der Waals surface area contributed by atoms with E-state index in [-0.39, 0.29) is 0 Å². The monoisotopic (exact) mass is 492 g/mol. The summed E-state index contributed by atoms with van der Waals surface area (Å²) in [5.41, 5.74) is 6.19. The van der Waals surface area contributed by atoms with Crippen molar-refractivity contribution in [3.05, 3.63) is 102 Å². The van der Waals surface area contributed by atoms with Crippen LogP contribution in [-0.2, 0) is 0 Å². The predicted molar refractivity (Wildman–Crippen MR) is 164 cm³/mol. The molecule has 1 aliphatic heterocycles. The number of unbranched alkanes of at least 4 members (excludes halogenated alkanes) is 1. The number of hydrogen-bond donors (Lipinski definition) is 0. The molecule has 0 bridgehead atoms. The molecule has 194 valence electrons. The lowest BCUT2D eigenvalue weighted by Crippen LogP contribution is -2.03. The SMILES string of the molecule is C=CC=C.CC.CC.CCC.CCC/C=C1\CSc2cc(C3CC3)ccc2[C@@H](c2ccccc2)C1. The van der Waals surface area contributed by atoms with Crippen molar-refractivity contribution in [1.29, 1.82) is 0 Å². The number of allylic oxidation sites excluding steroid dienone is 3. The van der Waals surface area contributed by atoms with Crippen LogP contribution in [0.3, 0.4) is 0 Å². The average molecular weight is 493 g/mol. The fourth-order valence-corrected chi connectivity index (χ4v) is 4.88. The summed E-state index contributed by atoms with van der Waals surface area (Å²) in [4.78, 5) is 1.52. The van der Waals surface area contributed by atoms with Crippen molar-refractivity contribution in [1.82, 2.24) is 0 Å². The molecule has 0 spiro atoms. The Bertz CT molecular complexity index is 821. The van der Waals surface area contributed by atoms with Gasteiger partial charge in [-0.1, -0.05) is 141 Å². The molecule has 1 saturated carbocycles. The maximum Gasteiger partial charge on any atom is 0.0191 e. The third-order valence-electron chi connectivity index (χ3n) is 5.43. The summed E-state index contributed by atoms with van der Waals surface area (Å²) in [7, 11) is 0. The number of hydrogen-bond acceptors (Lipinski definition) is 1. The average Bonchev–Trinajstić information content (AvgIpc) is 3.78. The first-order valence-electron chi connectivity index (χ1n) is 13.9. The number of fused-ring (bicyclic) bond motifs is 1. The second-order valence-electron chi connectivity index (χ2n) is 8.36. The Morgan fingerprint density at radius 3 is 1.97 bits per heavy atom. The Kier molecular flexibility index (Phi) is 20.1. The first-order valence-corrected chi connectivity index (χ1v) is 14.9. The summed E-state index contributed by atoms with van der Waals surface area (Å²) >= 11 is 2.06. The third kappa shape index (κ3) is 12.5. The van der Waals surface area contributed by atoms with Crippen LogP contribution in [-0.4, -0.2) is 5.75 Å². The lowest BCUT2D eigenvalue weighted by Gasteiger charge is -2.19. The normalized spacial score (nSPS) is 16.7. The molecule has 0 saturated heterocycles. The maximum absolute atomic E-state index is 3.36. The maximum atomic E-state index is 3.36. The molecule has 2 aromatic carbocycles. The van der Waals surface area contributed by atoms with Crippen LogP contribution >= 0.6 is 11.8 Å². The minimum absolute atomic E-state index is 0.507. The van der Waals surface area contributed by atoms with E-state index in [0.717, 1.165) is 11.7 Å². The Hall–Kier alpha value is -1.99.